The topological polar surface area (TPSA) is 69.6 Å². The maximum Gasteiger partial charge on any atom is 0.317 e. The van der Waals surface area contributed by atoms with Crippen molar-refractivity contribution in [2.45, 2.75) is 52.9 Å². The highest BCUT2D eigenvalue weighted by Gasteiger charge is 2.32. The Morgan fingerprint density at radius 3 is 2.35 bits per heavy atom. The van der Waals surface area contributed by atoms with Crippen LogP contribution in [0, 0.1) is 11.3 Å². The van der Waals surface area contributed by atoms with Gasteiger partial charge in [0.2, 0.25) is 0 Å². The quantitative estimate of drug-likeness (QED) is 0.788. The van der Waals surface area contributed by atoms with E-state index < -0.39 is 11.4 Å². The normalized spacial score (nSPS) is 19.4. The average molecular weight is 284 g/mol. The van der Waals surface area contributed by atoms with Gasteiger partial charge in [-0.15, -0.1) is 0 Å². The van der Waals surface area contributed by atoms with Crippen molar-refractivity contribution in [2.24, 2.45) is 11.3 Å². The molecule has 1 saturated heterocycles. The Hall–Kier alpha value is -1.26. The lowest BCUT2D eigenvalue weighted by atomic mass is 9.88. The maximum absolute atomic E-state index is 12.1. The molecule has 0 aromatic rings. The second kappa shape index (κ2) is 7.50. The maximum atomic E-state index is 12.1. The fraction of sp³-hybridized carbons (Fsp3) is 0.867. The highest BCUT2D eigenvalue weighted by Crippen LogP contribution is 2.23. The zero-order valence-electron chi connectivity index (χ0n) is 12.9. The molecule has 5 heteroatoms. The van der Waals surface area contributed by atoms with E-state index >= 15 is 0 Å². The van der Waals surface area contributed by atoms with Crippen molar-refractivity contribution in [3.63, 3.8) is 0 Å². The van der Waals surface area contributed by atoms with Gasteiger partial charge in [0, 0.05) is 19.6 Å². The first kappa shape index (κ1) is 16.8. The minimum atomic E-state index is -0.879. The number of hydrogen-bond donors (Lipinski definition) is 2. The number of urea groups is 1. The lowest BCUT2D eigenvalue weighted by Gasteiger charge is -2.33. The zero-order chi connectivity index (χ0) is 15.2. The van der Waals surface area contributed by atoms with Crippen molar-refractivity contribution in [3.8, 4) is 0 Å². The van der Waals surface area contributed by atoms with Gasteiger partial charge in [-0.2, -0.15) is 0 Å². The number of rotatable bonds is 6. The molecule has 1 heterocycles. The molecule has 1 aliphatic rings. The highest BCUT2D eigenvalue weighted by atomic mass is 16.4. The molecule has 20 heavy (non-hydrogen) atoms. The van der Waals surface area contributed by atoms with E-state index in [0.29, 0.717) is 6.42 Å². The van der Waals surface area contributed by atoms with E-state index in [1.54, 1.807) is 6.92 Å². The van der Waals surface area contributed by atoms with Crippen LogP contribution in [0.4, 0.5) is 4.79 Å². The van der Waals surface area contributed by atoms with Crippen LogP contribution in [0.25, 0.3) is 0 Å². The molecule has 2 amide bonds. The number of carbonyl (C=O) groups excluding carboxylic acids is 1. The second-order valence-electron chi connectivity index (χ2n) is 6.10. The van der Waals surface area contributed by atoms with Gasteiger partial charge in [-0.25, -0.2) is 4.79 Å². The number of carboxylic acid groups (broad SMARTS) is 1. The number of amides is 2. The monoisotopic (exact) mass is 284 g/mol. The zero-order valence-corrected chi connectivity index (χ0v) is 12.9. The van der Waals surface area contributed by atoms with Gasteiger partial charge in [0.1, 0.15) is 0 Å². The summed E-state index contributed by atoms with van der Waals surface area (Å²) < 4.78 is 0. The Morgan fingerprint density at radius 2 is 1.90 bits per heavy atom. The highest BCUT2D eigenvalue weighted by molar-refractivity contribution is 5.77. The summed E-state index contributed by atoms with van der Waals surface area (Å²) in [5.74, 6) is -0.120. The molecule has 0 bridgehead atoms. The first-order chi connectivity index (χ1) is 9.42. The van der Waals surface area contributed by atoms with Crippen LogP contribution < -0.4 is 5.32 Å². The molecule has 0 aliphatic carbocycles. The Balaban J connectivity index is 2.39. The minimum absolute atomic E-state index is 0.124. The van der Waals surface area contributed by atoms with Crippen molar-refractivity contribution in [3.05, 3.63) is 0 Å². The van der Waals surface area contributed by atoms with Crippen molar-refractivity contribution < 1.29 is 14.7 Å². The fourth-order valence-electron chi connectivity index (χ4n) is 2.57. The van der Waals surface area contributed by atoms with E-state index in [1.165, 1.54) is 12.8 Å². The summed E-state index contributed by atoms with van der Waals surface area (Å²) in [6.07, 6.45) is 5.06. The van der Waals surface area contributed by atoms with Gasteiger partial charge in [-0.05, 0) is 32.1 Å². The van der Waals surface area contributed by atoms with E-state index in [4.69, 9.17) is 0 Å². The number of hydrogen-bond acceptors (Lipinski definition) is 2. The van der Waals surface area contributed by atoms with Crippen LogP contribution in [-0.2, 0) is 4.79 Å². The molecule has 1 aliphatic heterocycles. The summed E-state index contributed by atoms with van der Waals surface area (Å²) in [7, 11) is 0. The van der Waals surface area contributed by atoms with Crippen LogP contribution >= 0.6 is 0 Å². The molecule has 1 unspecified atom stereocenters. The summed E-state index contributed by atoms with van der Waals surface area (Å²) in [6.45, 7) is 7.45. The molecule has 0 saturated carbocycles. The molecular weight excluding hydrogens is 256 g/mol. The molecule has 0 spiro atoms. The first-order valence-electron chi connectivity index (χ1n) is 7.69. The molecular formula is C15H28N2O3. The third kappa shape index (κ3) is 4.39. The van der Waals surface area contributed by atoms with Crippen LogP contribution in [0.1, 0.15) is 52.9 Å². The fourth-order valence-corrected chi connectivity index (χ4v) is 2.57. The molecule has 116 valence electrons. The van der Waals surface area contributed by atoms with Crippen LogP contribution in [0.5, 0.6) is 0 Å². The summed E-state index contributed by atoms with van der Waals surface area (Å²) in [6, 6.07) is -0.124. The minimum Gasteiger partial charge on any atom is -0.481 e. The van der Waals surface area contributed by atoms with Crippen molar-refractivity contribution in [1.29, 1.82) is 0 Å². The first-order valence-corrected chi connectivity index (χ1v) is 7.69. The Bertz CT molecular complexity index is 338. The molecule has 1 atom stereocenters. The Morgan fingerprint density at radius 1 is 1.30 bits per heavy atom. The third-order valence-corrected chi connectivity index (χ3v) is 4.53. The predicted molar refractivity (Wildman–Crippen MR) is 78.6 cm³/mol. The van der Waals surface area contributed by atoms with Crippen LogP contribution in [0.2, 0.25) is 0 Å². The standard InChI is InChI=1S/C15H28N2O3/c1-4-6-12-7-9-17(10-8-12)14(20)16-11-15(3,5-2)13(18)19/h12H,4-11H2,1-3H3,(H,16,20)(H,18,19). The summed E-state index contributed by atoms with van der Waals surface area (Å²) >= 11 is 0. The largest absolute Gasteiger partial charge is 0.481 e. The number of carboxylic acids is 1. The number of nitrogens with zero attached hydrogens (tertiary/aromatic N) is 1. The summed E-state index contributed by atoms with van der Waals surface area (Å²) in [4.78, 5) is 25.1. The molecule has 1 fully saturated rings. The Kier molecular flexibility index (Phi) is 6.30. The van der Waals surface area contributed by atoms with E-state index in [0.717, 1.165) is 31.8 Å². The van der Waals surface area contributed by atoms with Gasteiger partial charge in [-0.3, -0.25) is 4.79 Å². The summed E-state index contributed by atoms with van der Waals surface area (Å²) in [5.41, 5.74) is -0.879. The number of aliphatic carboxylic acids is 1. The van der Waals surface area contributed by atoms with Crippen LogP contribution in [0.15, 0.2) is 0 Å². The predicted octanol–water partition coefficient (Wildman–Crippen LogP) is 2.71. The number of nitrogens with one attached hydrogen (secondary N) is 1. The number of carbonyl (C=O) groups is 2. The smallest absolute Gasteiger partial charge is 0.317 e. The van der Waals surface area contributed by atoms with Crippen molar-refractivity contribution in [1.82, 2.24) is 10.2 Å². The van der Waals surface area contributed by atoms with Crippen molar-refractivity contribution in [2.75, 3.05) is 19.6 Å². The Labute approximate surface area is 121 Å². The van der Waals surface area contributed by atoms with Crippen molar-refractivity contribution >= 4 is 12.0 Å². The molecule has 1 rings (SSSR count). The average Bonchev–Trinajstić information content (AvgIpc) is 2.45. The molecule has 0 radical (unpaired) electrons. The molecule has 5 nitrogen and oxygen atoms in total. The van der Waals surface area contributed by atoms with E-state index in [1.807, 2.05) is 11.8 Å². The van der Waals surface area contributed by atoms with Gasteiger partial charge in [0.05, 0.1) is 5.41 Å². The van der Waals surface area contributed by atoms with Gasteiger partial charge < -0.3 is 15.3 Å². The third-order valence-electron chi connectivity index (χ3n) is 4.53. The lowest BCUT2D eigenvalue weighted by molar-refractivity contribution is -0.147. The lowest BCUT2D eigenvalue weighted by Crippen LogP contribution is -2.48. The number of piperidine rings is 1. The SMILES string of the molecule is CCCC1CCN(C(=O)NCC(C)(CC)C(=O)O)CC1. The molecule has 2 N–H and O–H groups in total. The summed E-state index contributed by atoms with van der Waals surface area (Å²) in [5, 5.41) is 12.0. The second-order valence-corrected chi connectivity index (χ2v) is 6.10. The van der Waals surface area contributed by atoms with E-state index in [2.05, 4.69) is 12.2 Å². The van der Waals surface area contributed by atoms with E-state index in [-0.39, 0.29) is 12.6 Å². The number of likely N-dealkylation sites (tertiary alicyclic amines) is 1. The van der Waals surface area contributed by atoms with Crippen LogP contribution in [0.3, 0.4) is 0 Å². The van der Waals surface area contributed by atoms with Gasteiger partial charge in [0.15, 0.2) is 0 Å². The van der Waals surface area contributed by atoms with Gasteiger partial charge in [-0.1, -0.05) is 26.7 Å². The van der Waals surface area contributed by atoms with E-state index in [9.17, 15) is 14.7 Å². The van der Waals surface area contributed by atoms with Gasteiger partial charge in [0.25, 0.3) is 0 Å². The van der Waals surface area contributed by atoms with Gasteiger partial charge >= 0.3 is 12.0 Å². The molecule has 0 aromatic heterocycles. The van der Waals surface area contributed by atoms with Crippen LogP contribution in [-0.4, -0.2) is 41.6 Å². The molecule has 0 aromatic carbocycles.